The van der Waals surface area contributed by atoms with Crippen molar-refractivity contribution in [3.8, 4) is 0 Å². The minimum Gasteiger partial charge on any atom is -0.355 e. The Morgan fingerprint density at radius 2 is 2.07 bits per heavy atom. The molecule has 1 aromatic heterocycles. The highest BCUT2D eigenvalue weighted by molar-refractivity contribution is 5.93. The van der Waals surface area contributed by atoms with Gasteiger partial charge in [-0.05, 0) is 40.2 Å². The molecule has 2 heterocycles. The molecule has 1 aliphatic rings. The van der Waals surface area contributed by atoms with Gasteiger partial charge < -0.3 is 15.5 Å². The fourth-order valence-corrected chi connectivity index (χ4v) is 3.32. The van der Waals surface area contributed by atoms with Crippen molar-refractivity contribution in [1.82, 2.24) is 25.3 Å². The van der Waals surface area contributed by atoms with Gasteiger partial charge in [-0.25, -0.2) is 0 Å². The first kappa shape index (κ1) is 20.7. The highest BCUT2D eigenvalue weighted by Crippen LogP contribution is 2.20. The Hall–Kier alpha value is -2.64. The van der Waals surface area contributed by atoms with E-state index in [4.69, 9.17) is 0 Å². The molecule has 0 bridgehead atoms. The number of nitrogens with zero attached hydrogens (tertiary/aromatic N) is 3. The SMILES string of the molecule is CC=CCC(=O)N1C[C@H](NC(=O)c2cc(C)nn2CC)C[C@H]1C(=O)NCC. The first-order chi connectivity index (χ1) is 12.9. The number of allylic oxidation sites excluding steroid dienone is 1. The molecule has 148 valence electrons. The van der Waals surface area contributed by atoms with E-state index in [0.29, 0.717) is 31.7 Å². The third kappa shape index (κ3) is 4.96. The molecule has 2 atom stereocenters. The van der Waals surface area contributed by atoms with Crippen molar-refractivity contribution in [3.05, 3.63) is 29.6 Å². The van der Waals surface area contributed by atoms with Gasteiger partial charge in [0.05, 0.1) is 5.69 Å². The number of aromatic nitrogens is 2. The quantitative estimate of drug-likeness (QED) is 0.695. The summed E-state index contributed by atoms with van der Waals surface area (Å²) in [5, 5.41) is 10.0. The van der Waals surface area contributed by atoms with Gasteiger partial charge in [-0.3, -0.25) is 19.1 Å². The van der Waals surface area contributed by atoms with Crippen LogP contribution in [0, 0.1) is 6.92 Å². The first-order valence-electron chi connectivity index (χ1n) is 9.44. The van der Waals surface area contributed by atoms with Gasteiger partial charge in [-0.2, -0.15) is 5.10 Å². The molecule has 0 radical (unpaired) electrons. The van der Waals surface area contributed by atoms with Crippen LogP contribution in [0.5, 0.6) is 0 Å². The summed E-state index contributed by atoms with van der Waals surface area (Å²) in [5.74, 6) is -0.534. The molecular formula is C19H29N5O3. The number of rotatable bonds is 7. The van der Waals surface area contributed by atoms with Gasteiger partial charge in [0.15, 0.2) is 0 Å². The van der Waals surface area contributed by atoms with Gasteiger partial charge in [0.1, 0.15) is 11.7 Å². The molecule has 2 N–H and O–H groups in total. The van der Waals surface area contributed by atoms with E-state index in [-0.39, 0.29) is 30.2 Å². The molecule has 27 heavy (non-hydrogen) atoms. The first-order valence-corrected chi connectivity index (χ1v) is 9.44. The largest absolute Gasteiger partial charge is 0.355 e. The van der Waals surface area contributed by atoms with Crippen LogP contribution >= 0.6 is 0 Å². The Labute approximate surface area is 160 Å². The fraction of sp³-hybridized carbons (Fsp3) is 0.579. The number of likely N-dealkylation sites (N-methyl/N-ethyl adjacent to an activating group) is 1. The van der Waals surface area contributed by atoms with Crippen LogP contribution in [0.15, 0.2) is 18.2 Å². The van der Waals surface area contributed by atoms with E-state index in [1.54, 1.807) is 21.7 Å². The predicted octanol–water partition coefficient (Wildman–Crippen LogP) is 1.01. The van der Waals surface area contributed by atoms with E-state index in [0.717, 1.165) is 5.69 Å². The average Bonchev–Trinajstić information content (AvgIpc) is 3.23. The lowest BCUT2D eigenvalue weighted by Gasteiger charge is -2.23. The molecule has 0 unspecified atom stereocenters. The van der Waals surface area contributed by atoms with Crippen LogP contribution < -0.4 is 10.6 Å². The van der Waals surface area contributed by atoms with Gasteiger partial charge >= 0.3 is 0 Å². The molecule has 1 saturated heterocycles. The molecule has 1 fully saturated rings. The normalized spacial score (nSPS) is 19.5. The zero-order chi connectivity index (χ0) is 20.0. The number of likely N-dealkylation sites (tertiary alicyclic amines) is 1. The van der Waals surface area contributed by atoms with Gasteiger partial charge in [-0.15, -0.1) is 0 Å². The Kier molecular flexibility index (Phi) is 7.15. The summed E-state index contributed by atoms with van der Waals surface area (Å²) in [5.41, 5.74) is 1.26. The van der Waals surface area contributed by atoms with Gasteiger partial charge in [0, 0.05) is 32.1 Å². The number of amides is 3. The van der Waals surface area contributed by atoms with Crippen LogP contribution in [0.2, 0.25) is 0 Å². The van der Waals surface area contributed by atoms with Crippen LogP contribution in [-0.2, 0) is 16.1 Å². The molecule has 8 nitrogen and oxygen atoms in total. The molecule has 0 spiro atoms. The zero-order valence-electron chi connectivity index (χ0n) is 16.5. The van der Waals surface area contributed by atoms with E-state index in [9.17, 15) is 14.4 Å². The van der Waals surface area contributed by atoms with Crippen LogP contribution in [0.3, 0.4) is 0 Å². The van der Waals surface area contributed by atoms with Crippen molar-refractivity contribution in [2.24, 2.45) is 0 Å². The van der Waals surface area contributed by atoms with Crippen molar-refractivity contribution >= 4 is 17.7 Å². The lowest BCUT2D eigenvalue weighted by Crippen LogP contribution is -2.45. The second kappa shape index (κ2) is 9.34. The van der Waals surface area contributed by atoms with Crippen LogP contribution in [0.1, 0.15) is 49.8 Å². The smallest absolute Gasteiger partial charge is 0.269 e. The number of hydrogen-bond acceptors (Lipinski definition) is 4. The lowest BCUT2D eigenvalue weighted by molar-refractivity contribution is -0.137. The molecule has 1 aliphatic heterocycles. The monoisotopic (exact) mass is 375 g/mol. The maximum Gasteiger partial charge on any atom is 0.269 e. The van der Waals surface area contributed by atoms with Crippen molar-refractivity contribution < 1.29 is 14.4 Å². The average molecular weight is 375 g/mol. The number of nitrogens with one attached hydrogen (secondary N) is 2. The molecule has 2 rings (SSSR count). The van der Waals surface area contributed by atoms with Crippen LogP contribution in [-0.4, -0.2) is 57.6 Å². The highest BCUT2D eigenvalue weighted by atomic mass is 16.2. The lowest BCUT2D eigenvalue weighted by atomic mass is 10.1. The Morgan fingerprint density at radius 3 is 2.70 bits per heavy atom. The van der Waals surface area contributed by atoms with Crippen molar-refractivity contribution in [1.29, 1.82) is 0 Å². The van der Waals surface area contributed by atoms with Crippen LogP contribution in [0.25, 0.3) is 0 Å². The summed E-state index contributed by atoms with van der Waals surface area (Å²) in [6.07, 6.45) is 4.22. The number of aryl methyl sites for hydroxylation is 2. The molecular weight excluding hydrogens is 346 g/mol. The van der Waals surface area contributed by atoms with Gasteiger partial charge in [-0.1, -0.05) is 12.2 Å². The standard InChI is InChI=1S/C19H29N5O3/c1-5-8-9-17(25)23-12-14(11-15(23)18(26)20-6-2)21-19(27)16-10-13(4)22-24(16)7-3/h5,8,10,14-15H,6-7,9,11-12H2,1-4H3,(H,20,26)(H,21,27)/t14-,15+/m1/s1. The van der Waals surface area contributed by atoms with E-state index < -0.39 is 6.04 Å². The summed E-state index contributed by atoms with van der Waals surface area (Å²) in [6.45, 7) is 8.86. The maximum atomic E-state index is 12.7. The third-order valence-electron chi connectivity index (χ3n) is 4.57. The number of carbonyl (C=O) groups is 3. The minimum absolute atomic E-state index is 0.115. The Bertz CT molecular complexity index is 725. The molecule has 0 aliphatic carbocycles. The summed E-state index contributed by atoms with van der Waals surface area (Å²) in [6, 6.07) is 0.898. The minimum atomic E-state index is -0.564. The summed E-state index contributed by atoms with van der Waals surface area (Å²) in [7, 11) is 0. The maximum absolute atomic E-state index is 12.7. The van der Waals surface area contributed by atoms with E-state index in [1.807, 2.05) is 33.8 Å². The number of hydrogen-bond donors (Lipinski definition) is 2. The molecule has 0 aromatic carbocycles. The van der Waals surface area contributed by atoms with E-state index >= 15 is 0 Å². The molecule has 3 amide bonds. The van der Waals surface area contributed by atoms with E-state index in [2.05, 4.69) is 15.7 Å². The zero-order valence-corrected chi connectivity index (χ0v) is 16.5. The summed E-state index contributed by atoms with van der Waals surface area (Å²) >= 11 is 0. The second-order valence-electron chi connectivity index (χ2n) is 6.62. The highest BCUT2D eigenvalue weighted by Gasteiger charge is 2.39. The molecule has 0 saturated carbocycles. The molecule has 8 heteroatoms. The fourth-order valence-electron chi connectivity index (χ4n) is 3.32. The van der Waals surface area contributed by atoms with Crippen molar-refractivity contribution in [3.63, 3.8) is 0 Å². The summed E-state index contributed by atoms with van der Waals surface area (Å²) < 4.78 is 1.65. The number of carbonyl (C=O) groups excluding carboxylic acids is 3. The Morgan fingerprint density at radius 1 is 1.33 bits per heavy atom. The summed E-state index contributed by atoms with van der Waals surface area (Å²) in [4.78, 5) is 39.1. The van der Waals surface area contributed by atoms with E-state index in [1.165, 1.54) is 0 Å². The Balaban J connectivity index is 2.12. The van der Waals surface area contributed by atoms with Gasteiger partial charge in [0.25, 0.3) is 5.91 Å². The van der Waals surface area contributed by atoms with Gasteiger partial charge in [0.2, 0.25) is 11.8 Å². The topological polar surface area (TPSA) is 96.3 Å². The van der Waals surface area contributed by atoms with Crippen LogP contribution in [0.4, 0.5) is 0 Å². The third-order valence-corrected chi connectivity index (χ3v) is 4.57. The van der Waals surface area contributed by atoms with Crippen molar-refractivity contribution in [2.75, 3.05) is 13.1 Å². The second-order valence-corrected chi connectivity index (χ2v) is 6.62. The van der Waals surface area contributed by atoms with Crippen molar-refractivity contribution in [2.45, 2.75) is 59.2 Å². The molecule has 1 aromatic rings. The predicted molar refractivity (Wildman–Crippen MR) is 102 cm³/mol.